The van der Waals surface area contributed by atoms with Gasteiger partial charge in [0.2, 0.25) is 0 Å². The second-order valence-corrected chi connectivity index (χ2v) is 2.34. The lowest BCUT2D eigenvalue weighted by atomic mass is 10.2. The van der Waals surface area contributed by atoms with E-state index in [1.165, 1.54) is 0 Å². The molecule has 0 radical (unpaired) electrons. The zero-order valence-corrected chi connectivity index (χ0v) is 7.12. The van der Waals surface area contributed by atoms with Crippen LogP contribution in [-0.4, -0.2) is 41.0 Å². The first kappa shape index (κ1) is 13.9. The quantitative estimate of drug-likeness (QED) is 0.564. The van der Waals surface area contributed by atoms with Gasteiger partial charge in [0.1, 0.15) is 0 Å². The van der Waals surface area contributed by atoms with E-state index in [1.54, 1.807) is 0 Å². The summed E-state index contributed by atoms with van der Waals surface area (Å²) >= 11 is 0. The van der Waals surface area contributed by atoms with Crippen LogP contribution in [0.1, 0.15) is 19.8 Å². The fraction of sp³-hybridized carbons (Fsp3) is 0.857. The third kappa shape index (κ3) is 9.35. The molecule has 0 bridgehead atoms. The minimum absolute atomic E-state index is 0. The molecule has 0 aromatic rings. The van der Waals surface area contributed by atoms with Crippen molar-refractivity contribution in [2.24, 2.45) is 0 Å². The van der Waals surface area contributed by atoms with E-state index in [1.807, 2.05) is 0 Å². The Bertz CT molecular complexity index is 104. The molecule has 1 atom stereocenters. The highest BCUT2D eigenvalue weighted by molar-refractivity contribution is 5.62. The van der Waals surface area contributed by atoms with Crippen molar-refractivity contribution in [3.8, 4) is 0 Å². The lowest BCUT2D eigenvalue weighted by Crippen LogP contribution is -2.09. The van der Waals surface area contributed by atoms with Gasteiger partial charge in [-0.05, 0) is 12.8 Å². The standard InChI is InChI=1S/C5H10O2.C2H4O2.H2O/c6-4-5-2-1-3-7-5;1-2(3)4;/h5-6H,1-4H2;1H3,(H,3,4);1H2. The molecule has 1 heterocycles. The van der Waals surface area contributed by atoms with Gasteiger partial charge in [-0.25, -0.2) is 0 Å². The summed E-state index contributed by atoms with van der Waals surface area (Å²) in [6.45, 7) is 2.12. The van der Waals surface area contributed by atoms with E-state index in [2.05, 4.69) is 0 Å². The van der Waals surface area contributed by atoms with Crippen molar-refractivity contribution < 1.29 is 25.2 Å². The van der Waals surface area contributed by atoms with Crippen LogP contribution in [0.5, 0.6) is 0 Å². The summed E-state index contributed by atoms with van der Waals surface area (Å²) in [6, 6.07) is 0. The van der Waals surface area contributed by atoms with Crippen molar-refractivity contribution in [2.75, 3.05) is 13.2 Å². The molecular weight excluding hydrogens is 164 g/mol. The number of rotatable bonds is 1. The molecule has 5 nitrogen and oxygen atoms in total. The second-order valence-electron chi connectivity index (χ2n) is 2.34. The van der Waals surface area contributed by atoms with Crippen LogP contribution in [0.4, 0.5) is 0 Å². The summed E-state index contributed by atoms with van der Waals surface area (Å²) in [6.07, 6.45) is 2.31. The normalized spacial score (nSPS) is 20.3. The van der Waals surface area contributed by atoms with Crippen LogP contribution in [0.15, 0.2) is 0 Å². The van der Waals surface area contributed by atoms with Crippen molar-refractivity contribution in [3.05, 3.63) is 0 Å². The SMILES string of the molecule is CC(=O)O.O.OCC1CCCO1. The summed E-state index contributed by atoms with van der Waals surface area (Å²) in [5.74, 6) is -0.833. The van der Waals surface area contributed by atoms with E-state index in [0.717, 1.165) is 26.4 Å². The van der Waals surface area contributed by atoms with Crippen molar-refractivity contribution in [1.82, 2.24) is 0 Å². The predicted octanol–water partition coefficient (Wildman–Crippen LogP) is -0.576. The van der Waals surface area contributed by atoms with E-state index in [0.29, 0.717) is 0 Å². The molecule has 1 saturated heterocycles. The number of ether oxygens (including phenoxy) is 1. The van der Waals surface area contributed by atoms with Crippen molar-refractivity contribution in [1.29, 1.82) is 0 Å². The Morgan fingerprint density at radius 3 is 2.33 bits per heavy atom. The molecule has 12 heavy (non-hydrogen) atoms. The van der Waals surface area contributed by atoms with E-state index < -0.39 is 5.97 Å². The second kappa shape index (κ2) is 8.45. The molecule has 0 amide bonds. The van der Waals surface area contributed by atoms with Crippen LogP contribution >= 0.6 is 0 Å². The fourth-order valence-corrected chi connectivity index (χ4v) is 0.788. The Morgan fingerprint density at radius 2 is 2.17 bits per heavy atom. The monoisotopic (exact) mass is 180 g/mol. The molecule has 0 aromatic carbocycles. The minimum Gasteiger partial charge on any atom is -0.481 e. The number of aliphatic carboxylic acids is 1. The number of hydrogen-bond acceptors (Lipinski definition) is 3. The number of carbonyl (C=O) groups is 1. The highest BCUT2D eigenvalue weighted by Gasteiger charge is 2.12. The van der Waals surface area contributed by atoms with E-state index in [4.69, 9.17) is 19.7 Å². The van der Waals surface area contributed by atoms with Crippen molar-refractivity contribution in [2.45, 2.75) is 25.9 Å². The first-order valence-corrected chi connectivity index (χ1v) is 3.58. The third-order valence-electron chi connectivity index (χ3n) is 1.23. The maximum Gasteiger partial charge on any atom is 0.300 e. The van der Waals surface area contributed by atoms with Gasteiger partial charge < -0.3 is 20.4 Å². The van der Waals surface area contributed by atoms with Gasteiger partial charge in [0.25, 0.3) is 5.97 Å². The van der Waals surface area contributed by atoms with Crippen molar-refractivity contribution >= 4 is 5.97 Å². The molecule has 74 valence electrons. The first-order chi connectivity index (χ1) is 5.16. The third-order valence-corrected chi connectivity index (χ3v) is 1.23. The molecule has 1 unspecified atom stereocenters. The molecule has 5 heteroatoms. The van der Waals surface area contributed by atoms with Crippen LogP contribution in [0.2, 0.25) is 0 Å². The maximum atomic E-state index is 9.00. The number of carboxylic acids is 1. The molecule has 0 spiro atoms. The maximum absolute atomic E-state index is 9.00. The largest absolute Gasteiger partial charge is 0.481 e. The van der Waals surface area contributed by atoms with Gasteiger partial charge in [-0.1, -0.05) is 0 Å². The molecule has 1 aliphatic heterocycles. The Morgan fingerprint density at radius 1 is 1.67 bits per heavy atom. The summed E-state index contributed by atoms with van der Waals surface area (Å²) in [7, 11) is 0. The zero-order valence-electron chi connectivity index (χ0n) is 7.12. The van der Waals surface area contributed by atoms with Crippen LogP contribution < -0.4 is 0 Å². The van der Waals surface area contributed by atoms with Crippen LogP contribution in [0.25, 0.3) is 0 Å². The highest BCUT2D eigenvalue weighted by Crippen LogP contribution is 2.09. The van der Waals surface area contributed by atoms with Crippen LogP contribution in [0.3, 0.4) is 0 Å². The number of carboxylic acid groups (broad SMARTS) is 1. The summed E-state index contributed by atoms with van der Waals surface area (Å²) < 4.78 is 5.05. The van der Waals surface area contributed by atoms with Crippen LogP contribution in [-0.2, 0) is 9.53 Å². The molecule has 1 rings (SSSR count). The lowest BCUT2D eigenvalue weighted by Gasteiger charge is -2.00. The summed E-state index contributed by atoms with van der Waals surface area (Å²) in [5.41, 5.74) is 0. The average Bonchev–Trinajstić information content (AvgIpc) is 2.36. The molecular formula is C7H16O5. The van der Waals surface area contributed by atoms with Gasteiger partial charge in [0.15, 0.2) is 0 Å². The Labute approximate surface area is 71.3 Å². The van der Waals surface area contributed by atoms with Crippen molar-refractivity contribution in [3.63, 3.8) is 0 Å². The molecule has 0 aliphatic carbocycles. The lowest BCUT2D eigenvalue weighted by molar-refractivity contribution is -0.134. The Balaban J connectivity index is 0. The van der Waals surface area contributed by atoms with Gasteiger partial charge in [-0.2, -0.15) is 0 Å². The topological polar surface area (TPSA) is 98.3 Å². The smallest absolute Gasteiger partial charge is 0.300 e. The van der Waals surface area contributed by atoms with Gasteiger partial charge in [-0.15, -0.1) is 0 Å². The molecule has 0 aromatic heterocycles. The zero-order chi connectivity index (χ0) is 8.69. The number of aliphatic hydroxyl groups excluding tert-OH is 1. The molecule has 1 fully saturated rings. The average molecular weight is 180 g/mol. The van der Waals surface area contributed by atoms with Gasteiger partial charge in [0.05, 0.1) is 12.7 Å². The minimum atomic E-state index is -0.833. The highest BCUT2D eigenvalue weighted by atomic mass is 16.5. The van der Waals surface area contributed by atoms with E-state index in [9.17, 15) is 0 Å². The number of hydrogen-bond donors (Lipinski definition) is 2. The van der Waals surface area contributed by atoms with Gasteiger partial charge >= 0.3 is 0 Å². The van der Waals surface area contributed by atoms with E-state index in [-0.39, 0.29) is 18.2 Å². The molecule has 4 N–H and O–H groups in total. The van der Waals surface area contributed by atoms with Gasteiger partial charge in [0, 0.05) is 13.5 Å². The molecule has 1 aliphatic rings. The Kier molecular flexibility index (Phi) is 9.79. The van der Waals surface area contributed by atoms with Gasteiger partial charge in [-0.3, -0.25) is 4.79 Å². The van der Waals surface area contributed by atoms with Crippen LogP contribution in [0, 0.1) is 0 Å². The molecule has 0 saturated carbocycles. The number of aliphatic hydroxyl groups is 1. The summed E-state index contributed by atoms with van der Waals surface area (Å²) in [4.78, 5) is 9.00. The predicted molar refractivity (Wildman–Crippen MR) is 43.0 cm³/mol. The van der Waals surface area contributed by atoms with E-state index >= 15 is 0 Å². The Hall–Kier alpha value is -0.650. The first-order valence-electron chi connectivity index (χ1n) is 3.58. The fourth-order valence-electron chi connectivity index (χ4n) is 0.788. The summed E-state index contributed by atoms with van der Waals surface area (Å²) in [5, 5.41) is 15.9.